The van der Waals surface area contributed by atoms with Crippen LogP contribution in [0.1, 0.15) is 13.8 Å². The molecule has 0 atom stereocenters. The van der Waals surface area contributed by atoms with E-state index in [9.17, 15) is 9.59 Å². The number of ether oxygens (including phenoxy) is 2. The number of thiocarbonyl (C=S) groups is 2. The monoisotopic (exact) mass is 438 g/mol. The van der Waals surface area contributed by atoms with Crippen LogP contribution >= 0.6 is 47.6 Å². The van der Waals surface area contributed by atoms with Crippen molar-refractivity contribution in [1.29, 1.82) is 0 Å². The van der Waals surface area contributed by atoms with Crippen molar-refractivity contribution >= 4 is 81.4 Å². The van der Waals surface area contributed by atoms with Crippen molar-refractivity contribution < 1.29 is 19.1 Å². The summed E-state index contributed by atoms with van der Waals surface area (Å²) in [5.74, 6) is 0. The minimum Gasteiger partial charge on any atom is -0.450 e. The van der Waals surface area contributed by atoms with Gasteiger partial charge in [0.15, 0.2) is 10.2 Å². The lowest BCUT2D eigenvalue weighted by molar-refractivity contribution is 0.157. The highest BCUT2D eigenvalue weighted by atomic mass is 35.5. The quantitative estimate of drug-likeness (QED) is 0.525. The fourth-order valence-electron chi connectivity index (χ4n) is 1.58. The van der Waals surface area contributed by atoms with Crippen LogP contribution in [0.25, 0.3) is 0 Å². The maximum atomic E-state index is 11.4. The number of rotatable bonds is 4. The number of halogens is 2. The first-order valence-corrected chi connectivity index (χ1v) is 8.82. The van der Waals surface area contributed by atoms with Crippen LogP contribution in [0.3, 0.4) is 0 Å². The van der Waals surface area contributed by atoms with E-state index in [1.54, 1.807) is 13.8 Å². The number of benzene rings is 1. The molecule has 0 aliphatic heterocycles. The molecule has 0 saturated heterocycles. The normalized spacial score (nSPS) is 9.69. The van der Waals surface area contributed by atoms with E-state index in [1.165, 1.54) is 12.1 Å². The first-order chi connectivity index (χ1) is 12.3. The molecule has 0 aliphatic rings. The molecule has 142 valence electrons. The van der Waals surface area contributed by atoms with Crippen LogP contribution < -0.4 is 21.3 Å². The lowest BCUT2D eigenvalue weighted by Crippen LogP contribution is -2.36. The first kappa shape index (κ1) is 22.2. The number of anilines is 2. The Balaban J connectivity index is 2.89. The van der Waals surface area contributed by atoms with Gasteiger partial charge in [-0.2, -0.15) is 0 Å². The summed E-state index contributed by atoms with van der Waals surface area (Å²) >= 11 is 22.1. The Morgan fingerprint density at radius 3 is 1.54 bits per heavy atom. The molecule has 4 N–H and O–H groups in total. The van der Waals surface area contributed by atoms with E-state index in [0.29, 0.717) is 11.4 Å². The molecule has 0 spiro atoms. The molecule has 0 aromatic heterocycles. The molecule has 0 aliphatic carbocycles. The van der Waals surface area contributed by atoms with Crippen molar-refractivity contribution in [3.63, 3.8) is 0 Å². The van der Waals surface area contributed by atoms with Gasteiger partial charge in [0.2, 0.25) is 0 Å². The summed E-state index contributed by atoms with van der Waals surface area (Å²) in [4.78, 5) is 22.8. The molecule has 0 radical (unpaired) electrons. The molecule has 2 amide bonds. The zero-order chi connectivity index (χ0) is 19.7. The molecular weight excluding hydrogens is 423 g/mol. The molecular formula is C14H16Cl2N4O4S2. The molecule has 26 heavy (non-hydrogen) atoms. The van der Waals surface area contributed by atoms with Gasteiger partial charge in [0.25, 0.3) is 0 Å². The van der Waals surface area contributed by atoms with Gasteiger partial charge in [0, 0.05) is 0 Å². The van der Waals surface area contributed by atoms with Gasteiger partial charge in [-0.1, -0.05) is 23.2 Å². The molecule has 0 bridgehead atoms. The molecule has 0 fully saturated rings. The molecule has 1 aromatic carbocycles. The summed E-state index contributed by atoms with van der Waals surface area (Å²) in [5, 5.41) is 10.6. The van der Waals surface area contributed by atoms with Crippen LogP contribution in [-0.2, 0) is 9.47 Å². The number of carbonyl (C=O) groups is 2. The lowest BCUT2D eigenvalue weighted by Gasteiger charge is -2.16. The van der Waals surface area contributed by atoms with Gasteiger partial charge in [-0.3, -0.25) is 10.6 Å². The van der Waals surface area contributed by atoms with Gasteiger partial charge >= 0.3 is 12.2 Å². The summed E-state index contributed by atoms with van der Waals surface area (Å²) in [6.07, 6.45) is -1.42. The fraction of sp³-hybridized carbons (Fsp3) is 0.286. The standard InChI is InChI=1S/C14H16Cl2N4O4S2/c1-3-23-13(21)19-11(25)17-9-5-7(15)8(16)6-10(9)18-12(26)20-14(22)24-4-2/h5-6H,3-4H2,1-2H3,(H2,17,19,21,25)(H2,18,20,22,26). The van der Waals surface area contributed by atoms with Crippen molar-refractivity contribution in [2.24, 2.45) is 0 Å². The topological polar surface area (TPSA) is 101 Å². The summed E-state index contributed by atoms with van der Waals surface area (Å²) in [5.41, 5.74) is 0.711. The highest BCUT2D eigenvalue weighted by molar-refractivity contribution is 7.80. The third-order valence-corrected chi connectivity index (χ3v) is 3.67. The summed E-state index contributed by atoms with van der Waals surface area (Å²) in [6.45, 7) is 3.72. The Morgan fingerprint density at radius 2 is 1.23 bits per heavy atom. The van der Waals surface area contributed by atoms with Crippen molar-refractivity contribution in [1.82, 2.24) is 10.6 Å². The van der Waals surface area contributed by atoms with E-state index in [4.69, 9.17) is 57.1 Å². The van der Waals surface area contributed by atoms with Crippen LogP contribution in [0, 0.1) is 0 Å². The SMILES string of the molecule is CCOC(=O)NC(=S)Nc1cc(Cl)c(Cl)cc1NC(=S)NC(=O)OCC. The highest BCUT2D eigenvalue weighted by Gasteiger charge is 2.13. The Hall–Kier alpha value is -1.88. The second kappa shape index (κ2) is 11.0. The molecule has 0 heterocycles. The Kier molecular flexibility index (Phi) is 9.35. The van der Waals surface area contributed by atoms with Crippen LogP contribution in [0.2, 0.25) is 10.0 Å². The number of alkyl carbamates (subject to hydrolysis) is 2. The number of amides is 2. The number of hydrogen-bond donors (Lipinski definition) is 4. The Morgan fingerprint density at radius 1 is 0.885 bits per heavy atom. The number of hydrogen-bond acceptors (Lipinski definition) is 6. The van der Waals surface area contributed by atoms with E-state index < -0.39 is 12.2 Å². The van der Waals surface area contributed by atoms with Crippen LogP contribution in [-0.4, -0.2) is 35.6 Å². The molecule has 12 heteroatoms. The van der Waals surface area contributed by atoms with E-state index in [1.807, 2.05) is 0 Å². The summed E-state index contributed by atoms with van der Waals surface area (Å²) in [7, 11) is 0. The molecule has 0 unspecified atom stereocenters. The maximum Gasteiger partial charge on any atom is 0.413 e. The Labute approximate surface area is 170 Å². The van der Waals surface area contributed by atoms with Gasteiger partial charge in [-0.05, 0) is 50.4 Å². The molecule has 1 aromatic rings. The largest absolute Gasteiger partial charge is 0.450 e. The van der Waals surface area contributed by atoms with E-state index >= 15 is 0 Å². The second-order valence-electron chi connectivity index (χ2n) is 4.41. The van der Waals surface area contributed by atoms with Gasteiger partial charge in [0.1, 0.15) is 0 Å². The van der Waals surface area contributed by atoms with Crippen molar-refractivity contribution in [3.05, 3.63) is 22.2 Å². The van der Waals surface area contributed by atoms with E-state index in [0.717, 1.165) is 0 Å². The zero-order valence-electron chi connectivity index (χ0n) is 13.8. The van der Waals surface area contributed by atoms with Gasteiger partial charge in [-0.15, -0.1) is 0 Å². The van der Waals surface area contributed by atoms with Crippen molar-refractivity contribution in [2.75, 3.05) is 23.8 Å². The minimum atomic E-state index is -0.709. The highest BCUT2D eigenvalue weighted by Crippen LogP contribution is 2.32. The van der Waals surface area contributed by atoms with Crippen LogP contribution in [0.5, 0.6) is 0 Å². The molecule has 8 nitrogen and oxygen atoms in total. The smallest absolute Gasteiger partial charge is 0.413 e. The predicted octanol–water partition coefficient (Wildman–Crippen LogP) is 3.88. The average molecular weight is 439 g/mol. The van der Waals surface area contributed by atoms with Crippen LogP contribution in [0.15, 0.2) is 12.1 Å². The summed E-state index contributed by atoms with van der Waals surface area (Å²) in [6, 6.07) is 2.94. The van der Waals surface area contributed by atoms with Crippen molar-refractivity contribution in [2.45, 2.75) is 13.8 Å². The van der Waals surface area contributed by atoms with Gasteiger partial charge in [0.05, 0.1) is 34.6 Å². The first-order valence-electron chi connectivity index (χ1n) is 7.25. The molecule has 0 saturated carbocycles. The third kappa shape index (κ3) is 7.56. The average Bonchev–Trinajstić information content (AvgIpc) is 2.52. The number of carbonyl (C=O) groups excluding carboxylic acids is 2. The Bertz CT molecular complexity index is 659. The minimum absolute atomic E-state index is 0.0332. The van der Waals surface area contributed by atoms with E-state index in [2.05, 4.69) is 21.3 Å². The van der Waals surface area contributed by atoms with Gasteiger partial charge < -0.3 is 20.1 Å². The maximum absolute atomic E-state index is 11.4. The van der Waals surface area contributed by atoms with Gasteiger partial charge in [-0.25, -0.2) is 9.59 Å². The number of nitrogens with one attached hydrogen (secondary N) is 4. The fourth-order valence-corrected chi connectivity index (χ4v) is 2.29. The summed E-state index contributed by atoms with van der Waals surface area (Å²) < 4.78 is 9.46. The third-order valence-electron chi connectivity index (χ3n) is 2.54. The second-order valence-corrected chi connectivity index (χ2v) is 6.04. The van der Waals surface area contributed by atoms with Crippen LogP contribution in [0.4, 0.5) is 21.0 Å². The predicted molar refractivity (Wildman–Crippen MR) is 109 cm³/mol. The van der Waals surface area contributed by atoms with E-state index in [-0.39, 0.29) is 33.5 Å². The van der Waals surface area contributed by atoms with Crippen molar-refractivity contribution in [3.8, 4) is 0 Å². The molecule has 1 rings (SSSR count). The zero-order valence-corrected chi connectivity index (χ0v) is 16.9. The lowest BCUT2D eigenvalue weighted by atomic mass is 10.2.